The highest BCUT2D eigenvalue weighted by Crippen LogP contribution is 2.30. The standard InChI is InChI=1S/C11H14F3NO2S/c1-2-7-15-8-9-3-5-10(6-4-9)18(16,17)11(12,13)14/h3-6,15H,2,7-8H2,1H3. The Labute approximate surface area is 104 Å². The zero-order valence-corrected chi connectivity index (χ0v) is 10.6. The predicted molar refractivity (Wildman–Crippen MR) is 61.7 cm³/mol. The zero-order chi connectivity index (χ0) is 13.8. The summed E-state index contributed by atoms with van der Waals surface area (Å²) in [6.45, 7) is 3.29. The van der Waals surface area contributed by atoms with Gasteiger partial charge in [-0.1, -0.05) is 19.1 Å². The van der Waals surface area contributed by atoms with Crippen molar-refractivity contribution >= 4 is 9.84 Å². The molecule has 0 saturated carbocycles. The average Bonchev–Trinajstić information content (AvgIpc) is 2.28. The third kappa shape index (κ3) is 3.46. The van der Waals surface area contributed by atoms with Gasteiger partial charge in [0.15, 0.2) is 0 Å². The maximum absolute atomic E-state index is 12.3. The van der Waals surface area contributed by atoms with E-state index in [1.54, 1.807) is 0 Å². The summed E-state index contributed by atoms with van der Waals surface area (Å²) in [5.41, 5.74) is -4.51. The Morgan fingerprint density at radius 3 is 2.17 bits per heavy atom. The third-order valence-corrected chi connectivity index (χ3v) is 3.80. The Morgan fingerprint density at radius 1 is 1.17 bits per heavy atom. The molecule has 0 amide bonds. The van der Waals surface area contributed by atoms with Gasteiger partial charge >= 0.3 is 5.51 Å². The Bertz CT molecular complexity index is 480. The van der Waals surface area contributed by atoms with Crippen LogP contribution in [0.3, 0.4) is 0 Å². The molecule has 1 aromatic rings. The number of nitrogens with one attached hydrogen (secondary N) is 1. The van der Waals surface area contributed by atoms with Crippen LogP contribution in [0.25, 0.3) is 0 Å². The van der Waals surface area contributed by atoms with E-state index in [-0.39, 0.29) is 0 Å². The van der Waals surface area contributed by atoms with Crippen LogP contribution in [0.1, 0.15) is 18.9 Å². The van der Waals surface area contributed by atoms with Gasteiger partial charge in [0.2, 0.25) is 0 Å². The highest BCUT2D eigenvalue weighted by Gasteiger charge is 2.46. The average molecular weight is 281 g/mol. The van der Waals surface area contributed by atoms with Crippen molar-refractivity contribution in [2.45, 2.75) is 30.3 Å². The number of alkyl halides is 3. The van der Waals surface area contributed by atoms with Crippen molar-refractivity contribution in [1.82, 2.24) is 5.32 Å². The molecule has 0 heterocycles. The Hall–Kier alpha value is -1.08. The fourth-order valence-corrected chi connectivity index (χ4v) is 2.09. The molecule has 0 unspecified atom stereocenters. The number of halogens is 3. The minimum atomic E-state index is -5.25. The molecule has 0 aliphatic rings. The SMILES string of the molecule is CCCNCc1ccc(S(=O)(=O)C(F)(F)F)cc1. The van der Waals surface area contributed by atoms with E-state index >= 15 is 0 Å². The number of benzene rings is 1. The third-order valence-electron chi connectivity index (χ3n) is 2.29. The van der Waals surface area contributed by atoms with Crippen LogP contribution in [-0.2, 0) is 16.4 Å². The monoisotopic (exact) mass is 281 g/mol. The molecule has 1 N–H and O–H groups in total. The first-order chi connectivity index (χ1) is 8.29. The summed E-state index contributed by atoms with van der Waals surface area (Å²) in [5, 5.41) is 3.07. The van der Waals surface area contributed by atoms with Crippen LogP contribution in [0.15, 0.2) is 29.2 Å². The molecule has 0 radical (unpaired) electrons. The van der Waals surface area contributed by atoms with Crippen molar-refractivity contribution in [3.8, 4) is 0 Å². The zero-order valence-electron chi connectivity index (χ0n) is 9.79. The summed E-state index contributed by atoms with van der Waals surface area (Å²) in [4.78, 5) is -0.728. The predicted octanol–water partition coefficient (Wildman–Crippen LogP) is 2.48. The van der Waals surface area contributed by atoms with Gasteiger partial charge < -0.3 is 5.32 Å². The Morgan fingerprint density at radius 2 is 1.72 bits per heavy atom. The summed E-state index contributed by atoms with van der Waals surface area (Å²) in [5.74, 6) is 0. The smallest absolute Gasteiger partial charge is 0.313 e. The van der Waals surface area contributed by atoms with Crippen LogP contribution >= 0.6 is 0 Å². The summed E-state index contributed by atoms with van der Waals surface area (Å²) in [6.07, 6.45) is 0.945. The molecule has 0 fully saturated rings. The highest BCUT2D eigenvalue weighted by atomic mass is 32.2. The van der Waals surface area contributed by atoms with Gasteiger partial charge in [-0.25, -0.2) is 8.42 Å². The normalized spacial score (nSPS) is 12.7. The van der Waals surface area contributed by atoms with Crippen LogP contribution in [-0.4, -0.2) is 20.5 Å². The van der Waals surface area contributed by atoms with E-state index in [9.17, 15) is 21.6 Å². The fraction of sp³-hybridized carbons (Fsp3) is 0.455. The number of sulfone groups is 1. The summed E-state index contributed by atoms with van der Waals surface area (Å²) >= 11 is 0. The minimum absolute atomic E-state index is 0.500. The molecule has 0 aromatic heterocycles. The van der Waals surface area contributed by atoms with E-state index in [1.165, 1.54) is 12.1 Å². The first kappa shape index (κ1) is 15.0. The van der Waals surface area contributed by atoms with Crippen molar-refractivity contribution in [1.29, 1.82) is 0 Å². The van der Waals surface area contributed by atoms with Gasteiger partial charge in [-0.15, -0.1) is 0 Å². The molecule has 0 aliphatic carbocycles. The molecule has 0 atom stereocenters. The van der Waals surface area contributed by atoms with Gasteiger partial charge in [0.1, 0.15) is 0 Å². The van der Waals surface area contributed by atoms with Crippen LogP contribution in [0, 0.1) is 0 Å². The largest absolute Gasteiger partial charge is 0.501 e. The Kier molecular flexibility index (Phi) is 4.75. The van der Waals surface area contributed by atoms with Gasteiger partial charge in [0.25, 0.3) is 9.84 Å². The first-order valence-corrected chi connectivity index (χ1v) is 6.88. The number of hydrogen-bond donors (Lipinski definition) is 1. The van der Waals surface area contributed by atoms with Gasteiger partial charge in [-0.05, 0) is 30.7 Å². The van der Waals surface area contributed by atoms with Crippen molar-refractivity contribution in [3.63, 3.8) is 0 Å². The van der Waals surface area contributed by atoms with Crippen molar-refractivity contribution in [2.24, 2.45) is 0 Å². The van der Waals surface area contributed by atoms with Crippen LogP contribution in [0.4, 0.5) is 13.2 Å². The van der Waals surface area contributed by atoms with Crippen molar-refractivity contribution in [2.75, 3.05) is 6.54 Å². The molecular weight excluding hydrogens is 267 g/mol. The van der Waals surface area contributed by atoms with E-state index in [0.29, 0.717) is 6.54 Å². The molecule has 102 valence electrons. The van der Waals surface area contributed by atoms with Crippen molar-refractivity contribution in [3.05, 3.63) is 29.8 Å². The molecule has 3 nitrogen and oxygen atoms in total. The molecule has 0 spiro atoms. The summed E-state index contributed by atoms with van der Waals surface area (Å²) < 4.78 is 59.0. The second kappa shape index (κ2) is 5.71. The van der Waals surface area contributed by atoms with E-state index in [2.05, 4.69) is 5.32 Å². The van der Waals surface area contributed by atoms with E-state index < -0.39 is 20.2 Å². The lowest BCUT2D eigenvalue weighted by molar-refractivity contribution is -0.0436. The van der Waals surface area contributed by atoms with Gasteiger partial charge in [-0.2, -0.15) is 13.2 Å². The lowest BCUT2D eigenvalue weighted by Gasteiger charge is -2.09. The number of hydrogen-bond acceptors (Lipinski definition) is 3. The van der Waals surface area contributed by atoms with E-state index in [1.807, 2.05) is 6.92 Å². The molecule has 1 rings (SSSR count). The second-order valence-electron chi connectivity index (χ2n) is 3.77. The molecule has 18 heavy (non-hydrogen) atoms. The Balaban J connectivity index is 2.84. The lowest BCUT2D eigenvalue weighted by Crippen LogP contribution is -2.23. The van der Waals surface area contributed by atoms with Crippen LogP contribution in [0.2, 0.25) is 0 Å². The quantitative estimate of drug-likeness (QED) is 0.843. The maximum Gasteiger partial charge on any atom is 0.501 e. The van der Waals surface area contributed by atoms with E-state index in [0.717, 1.165) is 30.7 Å². The fourth-order valence-electron chi connectivity index (χ4n) is 1.33. The highest BCUT2D eigenvalue weighted by molar-refractivity contribution is 7.92. The van der Waals surface area contributed by atoms with E-state index in [4.69, 9.17) is 0 Å². The van der Waals surface area contributed by atoms with Gasteiger partial charge in [0, 0.05) is 6.54 Å². The van der Waals surface area contributed by atoms with Crippen LogP contribution < -0.4 is 5.32 Å². The van der Waals surface area contributed by atoms with Crippen LogP contribution in [0.5, 0.6) is 0 Å². The molecule has 1 aromatic carbocycles. The summed E-state index contributed by atoms with van der Waals surface area (Å²) in [7, 11) is -5.24. The molecular formula is C11H14F3NO2S. The second-order valence-corrected chi connectivity index (χ2v) is 5.71. The maximum atomic E-state index is 12.3. The van der Waals surface area contributed by atoms with Crippen molar-refractivity contribution < 1.29 is 21.6 Å². The summed E-state index contributed by atoms with van der Waals surface area (Å²) in [6, 6.07) is 4.71. The number of rotatable bonds is 5. The molecule has 0 aliphatic heterocycles. The molecule has 0 bridgehead atoms. The topological polar surface area (TPSA) is 46.2 Å². The van der Waals surface area contributed by atoms with Gasteiger partial charge in [-0.3, -0.25) is 0 Å². The minimum Gasteiger partial charge on any atom is -0.313 e. The molecule has 7 heteroatoms. The van der Waals surface area contributed by atoms with Gasteiger partial charge in [0.05, 0.1) is 4.90 Å². The first-order valence-electron chi connectivity index (χ1n) is 5.40. The molecule has 0 saturated heterocycles. The lowest BCUT2D eigenvalue weighted by atomic mass is 10.2.